The van der Waals surface area contributed by atoms with E-state index in [0.29, 0.717) is 30.5 Å². The van der Waals surface area contributed by atoms with E-state index in [4.69, 9.17) is 4.52 Å². The maximum Gasteiger partial charge on any atom is 0.274 e. The summed E-state index contributed by atoms with van der Waals surface area (Å²) in [6, 6.07) is 8.59. The van der Waals surface area contributed by atoms with Gasteiger partial charge in [0, 0.05) is 37.2 Å². The lowest BCUT2D eigenvalue weighted by Gasteiger charge is -2.11. The van der Waals surface area contributed by atoms with Crippen LogP contribution in [-0.4, -0.2) is 23.1 Å². The van der Waals surface area contributed by atoms with Crippen LogP contribution >= 0.6 is 24.0 Å². The molecule has 0 fully saturated rings. The molecule has 0 aliphatic heterocycles. The lowest BCUT2D eigenvalue weighted by atomic mass is 9.99. The van der Waals surface area contributed by atoms with E-state index in [-0.39, 0.29) is 34.6 Å². The number of rotatable bonds is 8. The minimum Gasteiger partial charge on any atom is -0.359 e. The Kier molecular flexibility index (Phi) is 9.76. The Balaban J connectivity index is 0.00000364. The van der Waals surface area contributed by atoms with Crippen molar-refractivity contribution in [1.29, 1.82) is 0 Å². The number of nitrogens with zero attached hydrogens (tertiary/aromatic N) is 3. The van der Waals surface area contributed by atoms with E-state index in [0.717, 1.165) is 24.3 Å². The van der Waals surface area contributed by atoms with Crippen molar-refractivity contribution in [3.8, 4) is 0 Å². The number of nitrogens with one attached hydrogen (secondary N) is 2. The number of nitro groups is 1. The number of aliphatic imine (C=N–C) groups is 1. The number of hydrogen-bond acceptors (Lipinski definition) is 5. The lowest BCUT2D eigenvalue weighted by molar-refractivity contribution is -0.385. The molecular formula is C18H26IN5O3. The predicted molar refractivity (Wildman–Crippen MR) is 115 cm³/mol. The number of halogens is 1. The van der Waals surface area contributed by atoms with Crippen LogP contribution in [0, 0.1) is 10.1 Å². The van der Waals surface area contributed by atoms with Crippen LogP contribution in [0.3, 0.4) is 0 Å². The fraction of sp³-hybridized carbons (Fsp3) is 0.444. The molecule has 0 saturated carbocycles. The molecule has 8 nitrogen and oxygen atoms in total. The highest BCUT2D eigenvalue weighted by atomic mass is 127. The predicted octanol–water partition coefficient (Wildman–Crippen LogP) is 3.97. The number of para-hydroxylation sites is 1. The molecule has 2 aromatic rings. The molecule has 1 aromatic heterocycles. The van der Waals surface area contributed by atoms with Gasteiger partial charge in [-0.25, -0.2) is 0 Å². The average molecular weight is 487 g/mol. The minimum atomic E-state index is -0.388. The zero-order chi connectivity index (χ0) is 18.9. The molecule has 0 spiro atoms. The zero-order valence-electron chi connectivity index (χ0n) is 15.8. The Hall–Kier alpha value is -2.17. The van der Waals surface area contributed by atoms with Gasteiger partial charge in [0.15, 0.2) is 11.7 Å². The van der Waals surface area contributed by atoms with Gasteiger partial charge < -0.3 is 15.2 Å². The summed E-state index contributed by atoms with van der Waals surface area (Å²) in [5.74, 6) is 1.66. The van der Waals surface area contributed by atoms with Crippen LogP contribution in [0.4, 0.5) is 5.69 Å². The Morgan fingerprint density at radius 3 is 2.56 bits per heavy atom. The third kappa shape index (κ3) is 6.49. The second-order valence-electron chi connectivity index (χ2n) is 5.90. The van der Waals surface area contributed by atoms with Crippen LogP contribution < -0.4 is 10.6 Å². The minimum absolute atomic E-state index is 0. The van der Waals surface area contributed by atoms with Gasteiger partial charge >= 0.3 is 0 Å². The molecule has 0 radical (unpaired) electrons. The van der Waals surface area contributed by atoms with Crippen LogP contribution in [-0.2, 0) is 13.1 Å². The number of guanidine groups is 1. The van der Waals surface area contributed by atoms with Crippen molar-refractivity contribution >= 4 is 35.6 Å². The van der Waals surface area contributed by atoms with Crippen LogP contribution in [0.1, 0.15) is 49.6 Å². The standard InChI is InChI=1S/C18H25N5O3.HI/c1-4-13(5-2)16-10-15(26-22-16)12-21-18(19-3)20-11-14-8-6-7-9-17(14)23(24)25;/h6-10,13H,4-5,11-12H2,1-3H3,(H2,19,20,21);1H. The van der Waals surface area contributed by atoms with Crippen LogP contribution in [0.2, 0.25) is 0 Å². The summed E-state index contributed by atoms with van der Waals surface area (Å²) in [7, 11) is 1.64. The van der Waals surface area contributed by atoms with E-state index in [9.17, 15) is 10.1 Å². The molecule has 2 rings (SSSR count). The summed E-state index contributed by atoms with van der Waals surface area (Å²) >= 11 is 0. The lowest BCUT2D eigenvalue weighted by Crippen LogP contribution is -2.36. The molecule has 0 amide bonds. The Bertz CT molecular complexity index is 759. The van der Waals surface area contributed by atoms with Crippen LogP contribution in [0.25, 0.3) is 0 Å². The van der Waals surface area contributed by atoms with Gasteiger partial charge in [0.2, 0.25) is 0 Å². The van der Waals surface area contributed by atoms with Gasteiger partial charge in [0.1, 0.15) is 0 Å². The van der Waals surface area contributed by atoms with E-state index < -0.39 is 0 Å². The molecule has 0 aliphatic rings. The van der Waals surface area contributed by atoms with Crippen molar-refractivity contribution in [1.82, 2.24) is 15.8 Å². The first-order chi connectivity index (χ1) is 12.6. The van der Waals surface area contributed by atoms with Crippen molar-refractivity contribution in [2.24, 2.45) is 4.99 Å². The molecule has 0 atom stereocenters. The van der Waals surface area contributed by atoms with Gasteiger partial charge in [0.05, 0.1) is 17.2 Å². The van der Waals surface area contributed by atoms with Gasteiger partial charge in [-0.1, -0.05) is 37.2 Å². The number of benzene rings is 1. The molecule has 1 heterocycles. The first-order valence-electron chi connectivity index (χ1n) is 8.71. The number of nitro benzene ring substituents is 1. The Morgan fingerprint density at radius 2 is 1.93 bits per heavy atom. The molecule has 2 N–H and O–H groups in total. The van der Waals surface area contributed by atoms with E-state index in [1.54, 1.807) is 25.2 Å². The van der Waals surface area contributed by atoms with Crippen molar-refractivity contribution in [3.05, 3.63) is 57.5 Å². The first kappa shape index (κ1) is 22.9. The summed E-state index contributed by atoms with van der Waals surface area (Å²) in [5, 5.41) is 21.4. The quantitative estimate of drug-likeness (QED) is 0.192. The van der Waals surface area contributed by atoms with Crippen molar-refractivity contribution in [3.63, 3.8) is 0 Å². The molecule has 0 aliphatic carbocycles. The molecule has 9 heteroatoms. The van der Waals surface area contributed by atoms with Gasteiger partial charge in [-0.2, -0.15) is 0 Å². The van der Waals surface area contributed by atoms with Crippen molar-refractivity contribution in [2.45, 2.75) is 45.7 Å². The normalized spacial score (nSPS) is 11.2. The van der Waals surface area contributed by atoms with Crippen LogP contribution in [0.5, 0.6) is 0 Å². The highest BCUT2D eigenvalue weighted by Gasteiger charge is 2.14. The van der Waals surface area contributed by atoms with Gasteiger partial charge in [-0.15, -0.1) is 24.0 Å². The summed E-state index contributed by atoms with van der Waals surface area (Å²) in [6.45, 7) is 5.00. The summed E-state index contributed by atoms with van der Waals surface area (Å²) in [5.41, 5.74) is 1.64. The summed E-state index contributed by atoms with van der Waals surface area (Å²) in [6.07, 6.45) is 2.05. The molecule has 0 bridgehead atoms. The van der Waals surface area contributed by atoms with E-state index in [1.807, 2.05) is 6.07 Å². The average Bonchev–Trinajstić information content (AvgIpc) is 3.12. The van der Waals surface area contributed by atoms with Gasteiger partial charge in [-0.05, 0) is 12.8 Å². The fourth-order valence-corrected chi connectivity index (χ4v) is 2.72. The maximum atomic E-state index is 11.1. The molecule has 1 aromatic carbocycles. The number of hydrogen-bond donors (Lipinski definition) is 2. The monoisotopic (exact) mass is 487 g/mol. The largest absolute Gasteiger partial charge is 0.359 e. The Labute approximate surface area is 176 Å². The molecule has 0 saturated heterocycles. The third-order valence-corrected chi connectivity index (χ3v) is 4.27. The smallest absolute Gasteiger partial charge is 0.274 e. The molecule has 0 unspecified atom stereocenters. The molecular weight excluding hydrogens is 461 g/mol. The van der Waals surface area contributed by atoms with E-state index in [1.165, 1.54) is 6.07 Å². The van der Waals surface area contributed by atoms with Gasteiger partial charge in [0.25, 0.3) is 5.69 Å². The van der Waals surface area contributed by atoms with E-state index in [2.05, 4.69) is 34.6 Å². The molecule has 148 valence electrons. The highest BCUT2D eigenvalue weighted by molar-refractivity contribution is 14.0. The molecule has 27 heavy (non-hydrogen) atoms. The Morgan fingerprint density at radius 1 is 1.26 bits per heavy atom. The second kappa shape index (κ2) is 11.5. The highest BCUT2D eigenvalue weighted by Crippen LogP contribution is 2.22. The topological polar surface area (TPSA) is 106 Å². The zero-order valence-corrected chi connectivity index (χ0v) is 18.1. The fourth-order valence-electron chi connectivity index (χ4n) is 2.72. The van der Waals surface area contributed by atoms with Crippen molar-refractivity contribution < 1.29 is 9.45 Å². The van der Waals surface area contributed by atoms with Crippen LogP contribution in [0.15, 0.2) is 39.8 Å². The van der Waals surface area contributed by atoms with E-state index >= 15 is 0 Å². The van der Waals surface area contributed by atoms with Crippen molar-refractivity contribution in [2.75, 3.05) is 7.05 Å². The summed E-state index contributed by atoms with van der Waals surface area (Å²) in [4.78, 5) is 14.8. The maximum absolute atomic E-state index is 11.1. The summed E-state index contributed by atoms with van der Waals surface area (Å²) < 4.78 is 5.37. The second-order valence-corrected chi connectivity index (χ2v) is 5.90. The van der Waals surface area contributed by atoms with Gasteiger partial charge in [-0.3, -0.25) is 15.1 Å². The first-order valence-corrected chi connectivity index (χ1v) is 8.71. The third-order valence-electron chi connectivity index (χ3n) is 4.27. The SMILES string of the molecule is CCC(CC)c1cc(CNC(=NC)NCc2ccccc2[N+](=O)[O-])on1.I. The number of aromatic nitrogens is 1.